The van der Waals surface area contributed by atoms with Crippen molar-refractivity contribution in [3.63, 3.8) is 0 Å². The number of rotatable bonds is 8. The predicted octanol–water partition coefficient (Wildman–Crippen LogP) is 1.34. The molecule has 0 aliphatic carbocycles. The Balaban J connectivity index is 2.28. The SMILES string of the molecule is CCN(CC)CCCC(C)N1CC(CO)CC1=O. The maximum atomic E-state index is 11.8. The Morgan fingerprint density at radius 1 is 1.44 bits per heavy atom. The van der Waals surface area contributed by atoms with Gasteiger partial charge in [-0.2, -0.15) is 0 Å². The molecule has 0 aromatic heterocycles. The van der Waals surface area contributed by atoms with Gasteiger partial charge in [0.05, 0.1) is 0 Å². The Bertz CT molecular complexity index is 254. The first-order valence-electron chi connectivity index (χ1n) is 7.25. The molecule has 0 bridgehead atoms. The summed E-state index contributed by atoms with van der Waals surface area (Å²) in [6, 6.07) is 0.310. The molecule has 4 heteroatoms. The highest BCUT2D eigenvalue weighted by Crippen LogP contribution is 2.21. The zero-order valence-electron chi connectivity index (χ0n) is 12.1. The van der Waals surface area contributed by atoms with Gasteiger partial charge in [0, 0.05) is 31.5 Å². The van der Waals surface area contributed by atoms with Crippen LogP contribution >= 0.6 is 0 Å². The molecule has 0 radical (unpaired) electrons. The molecule has 1 saturated heterocycles. The minimum atomic E-state index is 0.133. The fourth-order valence-corrected chi connectivity index (χ4v) is 2.66. The van der Waals surface area contributed by atoms with E-state index in [4.69, 9.17) is 5.11 Å². The monoisotopic (exact) mass is 256 g/mol. The largest absolute Gasteiger partial charge is 0.396 e. The van der Waals surface area contributed by atoms with Crippen molar-refractivity contribution in [2.24, 2.45) is 5.92 Å². The highest BCUT2D eigenvalue weighted by Gasteiger charge is 2.31. The van der Waals surface area contributed by atoms with Crippen LogP contribution in [0.3, 0.4) is 0 Å². The molecular weight excluding hydrogens is 228 g/mol. The molecule has 1 aliphatic rings. The van der Waals surface area contributed by atoms with Gasteiger partial charge in [-0.1, -0.05) is 13.8 Å². The third-order valence-electron chi connectivity index (χ3n) is 4.02. The van der Waals surface area contributed by atoms with Gasteiger partial charge in [0.25, 0.3) is 0 Å². The summed E-state index contributed by atoms with van der Waals surface area (Å²) < 4.78 is 0. The zero-order valence-corrected chi connectivity index (χ0v) is 12.1. The Morgan fingerprint density at radius 2 is 2.11 bits per heavy atom. The van der Waals surface area contributed by atoms with Crippen molar-refractivity contribution in [3.05, 3.63) is 0 Å². The smallest absolute Gasteiger partial charge is 0.223 e. The van der Waals surface area contributed by atoms with Crippen molar-refractivity contribution in [1.29, 1.82) is 0 Å². The average molecular weight is 256 g/mol. The Labute approximate surface area is 111 Å². The fraction of sp³-hybridized carbons (Fsp3) is 0.929. The van der Waals surface area contributed by atoms with Crippen LogP contribution in [0.1, 0.15) is 40.0 Å². The van der Waals surface area contributed by atoms with Crippen molar-refractivity contribution in [2.75, 3.05) is 32.8 Å². The van der Waals surface area contributed by atoms with Crippen LogP contribution in [0.25, 0.3) is 0 Å². The van der Waals surface area contributed by atoms with Crippen LogP contribution < -0.4 is 0 Å². The molecule has 0 saturated carbocycles. The van der Waals surface area contributed by atoms with E-state index in [1.54, 1.807) is 0 Å². The second-order valence-corrected chi connectivity index (χ2v) is 5.32. The lowest BCUT2D eigenvalue weighted by Gasteiger charge is -2.26. The van der Waals surface area contributed by atoms with Crippen LogP contribution in [0.5, 0.6) is 0 Å². The molecule has 1 fully saturated rings. The minimum Gasteiger partial charge on any atom is -0.396 e. The predicted molar refractivity (Wildman–Crippen MR) is 73.4 cm³/mol. The maximum absolute atomic E-state index is 11.8. The summed E-state index contributed by atoms with van der Waals surface area (Å²) in [6.45, 7) is 10.7. The summed E-state index contributed by atoms with van der Waals surface area (Å²) in [5.41, 5.74) is 0. The van der Waals surface area contributed by atoms with E-state index in [1.165, 1.54) is 0 Å². The van der Waals surface area contributed by atoms with Gasteiger partial charge in [-0.25, -0.2) is 0 Å². The number of hydrogen-bond donors (Lipinski definition) is 1. The lowest BCUT2D eigenvalue weighted by Crippen LogP contribution is -2.35. The number of carbonyl (C=O) groups excluding carboxylic acids is 1. The van der Waals surface area contributed by atoms with Crippen LogP contribution in [-0.4, -0.2) is 59.6 Å². The molecule has 2 atom stereocenters. The number of hydrogen-bond acceptors (Lipinski definition) is 3. The van der Waals surface area contributed by atoms with E-state index in [0.29, 0.717) is 12.5 Å². The normalized spacial score (nSPS) is 21.9. The molecule has 1 heterocycles. The first-order chi connectivity index (χ1) is 8.62. The third-order valence-corrected chi connectivity index (χ3v) is 4.02. The second kappa shape index (κ2) is 7.74. The lowest BCUT2D eigenvalue weighted by molar-refractivity contribution is -0.129. The van der Waals surface area contributed by atoms with Gasteiger partial charge in [0.15, 0.2) is 0 Å². The Kier molecular flexibility index (Phi) is 6.65. The second-order valence-electron chi connectivity index (χ2n) is 5.32. The minimum absolute atomic E-state index is 0.133. The quantitative estimate of drug-likeness (QED) is 0.712. The summed E-state index contributed by atoms with van der Waals surface area (Å²) in [5.74, 6) is 0.368. The van der Waals surface area contributed by atoms with E-state index in [9.17, 15) is 4.79 Å². The van der Waals surface area contributed by atoms with Crippen molar-refractivity contribution >= 4 is 5.91 Å². The van der Waals surface area contributed by atoms with E-state index >= 15 is 0 Å². The molecule has 1 amide bonds. The summed E-state index contributed by atoms with van der Waals surface area (Å²) in [7, 11) is 0. The summed E-state index contributed by atoms with van der Waals surface area (Å²) >= 11 is 0. The van der Waals surface area contributed by atoms with E-state index in [0.717, 1.165) is 39.0 Å². The van der Waals surface area contributed by atoms with Crippen molar-refractivity contribution in [1.82, 2.24) is 9.80 Å². The van der Waals surface area contributed by atoms with Crippen LogP contribution in [0.2, 0.25) is 0 Å². The third kappa shape index (κ3) is 4.25. The van der Waals surface area contributed by atoms with Crippen LogP contribution in [0.4, 0.5) is 0 Å². The summed E-state index contributed by atoms with van der Waals surface area (Å²) in [5, 5.41) is 9.11. The molecule has 0 spiro atoms. The van der Waals surface area contributed by atoms with E-state index in [-0.39, 0.29) is 18.4 Å². The number of aliphatic hydroxyl groups excluding tert-OH is 1. The van der Waals surface area contributed by atoms with Gasteiger partial charge in [-0.05, 0) is 39.4 Å². The fourth-order valence-electron chi connectivity index (χ4n) is 2.66. The van der Waals surface area contributed by atoms with Crippen LogP contribution in [0.15, 0.2) is 0 Å². The van der Waals surface area contributed by atoms with Crippen molar-refractivity contribution < 1.29 is 9.90 Å². The molecule has 4 nitrogen and oxygen atoms in total. The summed E-state index contributed by atoms with van der Waals surface area (Å²) in [6.07, 6.45) is 2.72. The lowest BCUT2D eigenvalue weighted by atomic mass is 10.1. The van der Waals surface area contributed by atoms with Crippen molar-refractivity contribution in [3.8, 4) is 0 Å². The first kappa shape index (κ1) is 15.4. The first-order valence-corrected chi connectivity index (χ1v) is 7.25. The average Bonchev–Trinajstić information content (AvgIpc) is 2.76. The standard InChI is InChI=1S/C14H28N2O2/c1-4-15(5-2)8-6-7-12(3)16-10-13(11-17)9-14(16)18/h12-13,17H,4-11H2,1-3H3. The topological polar surface area (TPSA) is 43.8 Å². The van der Waals surface area contributed by atoms with E-state index in [1.807, 2.05) is 4.90 Å². The van der Waals surface area contributed by atoms with E-state index in [2.05, 4.69) is 25.7 Å². The Morgan fingerprint density at radius 3 is 2.61 bits per heavy atom. The molecule has 18 heavy (non-hydrogen) atoms. The molecule has 106 valence electrons. The molecule has 0 aromatic carbocycles. The number of amides is 1. The van der Waals surface area contributed by atoms with E-state index < -0.39 is 0 Å². The Hall–Kier alpha value is -0.610. The number of carbonyl (C=O) groups is 1. The summed E-state index contributed by atoms with van der Waals surface area (Å²) in [4.78, 5) is 16.2. The zero-order chi connectivity index (χ0) is 13.5. The molecule has 0 aromatic rings. The van der Waals surface area contributed by atoms with Gasteiger partial charge in [-0.3, -0.25) is 4.79 Å². The molecule has 2 unspecified atom stereocenters. The molecule has 1 rings (SSSR count). The van der Waals surface area contributed by atoms with Gasteiger partial charge in [0.2, 0.25) is 5.91 Å². The van der Waals surface area contributed by atoms with Gasteiger partial charge in [0.1, 0.15) is 0 Å². The highest BCUT2D eigenvalue weighted by molar-refractivity contribution is 5.78. The van der Waals surface area contributed by atoms with Crippen molar-refractivity contribution in [2.45, 2.75) is 46.1 Å². The van der Waals surface area contributed by atoms with Gasteiger partial charge >= 0.3 is 0 Å². The van der Waals surface area contributed by atoms with Crippen LogP contribution in [0, 0.1) is 5.92 Å². The molecule has 1 aliphatic heterocycles. The molecule has 1 N–H and O–H groups in total. The van der Waals surface area contributed by atoms with Crippen LogP contribution in [-0.2, 0) is 4.79 Å². The number of likely N-dealkylation sites (tertiary alicyclic amines) is 1. The van der Waals surface area contributed by atoms with Gasteiger partial charge in [-0.15, -0.1) is 0 Å². The molecular formula is C14H28N2O2. The van der Waals surface area contributed by atoms with Gasteiger partial charge < -0.3 is 14.9 Å². The number of aliphatic hydroxyl groups is 1. The highest BCUT2D eigenvalue weighted by atomic mass is 16.3. The maximum Gasteiger partial charge on any atom is 0.223 e. The number of nitrogens with zero attached hydrogens (tertiary/aromatic N) is 2.